The van der Waals surface area contributed by atoms with Gasteiger partial charge in [-0.2, -0.15) is 0 Å². The summed E-state index contributed by atoms with van der Waals surface area (Å²) < 4.78 is 0. The van der Waals surface area contributed by atoms with E-state index in [4.69, 9.17) is 0 Å². The van der Waals surface area contributed by atoms with Gasteiger partial charge in [-0.15, -0.1) is 0 Å². The first-order valence-corrected chi connectivity index (χ1v) is 22.1. The van der Waals surface area contributed by atoms with Gasteiger partial charge in [0.15, 0.2) is 0 Å². The molecule has 0 amide bonds. The van der Waals surface area contributed by atoms with E-state index in [0.29, 0.717) is 0 Å². The number of hydrogen-bond donors (Lipinski definition) is 0. The van der Waals surface area contributed by atoms with Crippen LogP contribution < -0.4 is 5.19 Å². The Hall–Kier alpha value is 0.0938. The maximum absolute atomic E-state index is 3.94. The summed E-state index contributed by atoms with van der Waals surface area (Å²) in [5, 5.41) is 3.21. The fraction of sp³-hybridized carbons (Fsp3) is 0.636. The first-order valence-electron chi connectivity index (χ1n) is 9.71. The zero-order valence-corrected chi connectivity index (χ0v) is 22.6. The van der Waals surface area contributed by atoms with Gasteiger partial charge in [-0.05, 0) is 60.3 Å². The molecular weight excluding hydrogens is 385 g/mol. The molecule has 152 valence electrons. The molecule has 1 aromatic carbocycles. The van der Waals surface area contributed by atoms with Gasteiger partial charge in [-0.1, -0.05) is 73.8 Å². The van der Waals surface area contributed by atoms with Crippen molar-refractivity contribution >= 4 is 47.5 Å². The van der Waals surface area contributed by atoms with Crippen molar-refractivity contribution < 1.29 is 0 Å². The monoisotopic (exact) mass is 428 g/mol. The van der Waals surface area contributed by atoms with Gasteiger partial charge in [-0.3, -0.25) is 10.0 Å². The van der Waals surface area contributed by atoms with Crippen molar-refractivity contribution in [2.75, 3.05) is 48.7 Å². The van der Waals surface area contributed by atoms with Crippen LogP contribution in [-0.4, -0.2) is 64.8 Å². The van der Waals surface area contributed by atoms with E-state index < -0.39 is 36.2 Å². The molecule has 0 aliphatic heterocycles. The molecule has 1 unspecified atom stereocenters. The lowest BCUT2D eigenvalue weighted by Crippen LogP contribution is -2.54. The molecule has 0 aliphatic carbocycles. The first-order chi connectivity index (χ1) is 11.7. The van der Waals surface area contributed by atoms with E-state index in [-0.39, 0.29) is 0 Å². The van der Waals surface area contributed by atoms with Gasteiger partial charge in [0.25, 0.3) is 0 Å². The summed E-state index contributed by atoms with van der Waals surface area (Å²) in [5.41, 5.74) is 1.26. The van der Waals surface area contributed by atoms with Crippen molar-refractivity contribution in [3.63, 3.8) is 0 Å². The van der Waals surface area contributed by atoms with Crippen molar-refractivity contribution in [1.29, 1.82) is 0 Å². The molecule has 26 heavy (non-hydrogen) atoms. The van der Waals surface area contributed by atoms with Gasteiger partial charge in [0.1, 0.15) is 0 Å². The maximum Gasteiger partial charge on any atom is 0.0953 e. The van der Waals surface area contributed by atoms with E-state index in [1.165, 1.54) is 34.8 Å². The summed E-state index contributed by atoms with van der Waals surface area (Å²) in [7, 11) is -3.50. The van der Waals surface area contributed by atoms with Gasteiger partial charge in [-0.25, -0.2) is 10.0 Å². The molecular formula is C22H44S2Si2. The molecule has 0 radical (unpaired) electrons. The summed E-state index contributed by atoms with van der Waals surface area (Å²) >= 11 is 0. The molecule has 4 heteroatoms. The second kappa shape index (κ2) is 9.06. The van der Waals surface area contributed by atoms with E-state index in [1.54, 1.807) is 5.19 Å². The summed E-state index contributed by atoms with van der Waals surface area (Å²) in [6, 6.07) is 14.0. The van der Waals surface area contributed by atoms with Crippen LogP contribution >= 0.6 is 20.1 Å². The quantitative estimate of drug-likeness (QED) is 0.386. The van der Waals surface area contributed by atoms with Crippen molar-refractivity contribution in [3.8, 4) is 0 Å². The summed E-state index contributed by atoms with van der Waals surface area (Å²) in [6.07, 6.45) is 17.1. The van der Waals surface area contributed by atoms with Gasteiger partial charge >= 0.3 is 0 Å². The lowest BCUT2D eigenvalue weighted by atomic mass is 10.2. The van der Waals surface area contributed by atoms with E-state index in [0.717, 1.165) is 0 Å². The third-order valence-corrected chi connectivity index (χ3v) is 18.7. The van der Waals surface area contributed by atoms with Crippen LogP contribution in [0.1, 0.15) is 5.56 Å². The minimum atomic E-state index is -1.50. The molecule has 1 aromatic rings. The number of benzene rings is 1. The molecule has 0 nitrogen and oxygen atoms in total. The molecule has 1 atom stereocenters. The minimum absolute atomic E-state index is 0.448. The second-order valence-corrected chi connectivity index (χ2v) is 30.6. The zero-order valence-electron chi connectivity index (χ0n) is 18.9. The Bertz CT molecular complexity index is 554. The van der Waals surface area contributed by atoms with E-state index in [9.17, 15) is 0 Å². The van der Waals surface area contributed by atoms with Crippen LogP contribution in [0.15, 0.2) is 30.8 Å². The Morgan fingerprint density at radius 3 is 1.73 bits per heavy atom. The van der Waals surface area contributed by atoms with Crippen molar-refractivity contribution in [2.24, 2.45) is 0 Å². The van der Waals surface area contributed by atoms with E-state index in [2.05, 4.69) is 88.0 Å². The van der Waals surface area contributed by atoms with Gasteiger partial charge in [0, 0.05) is 8.07 Å². The average molecular weight is 429 g/mol. The highest BCUT2D eigenvalue weighted by molar-refractivity contribution is 8.33. The Morgan fingerprint density at radius 1 is 0.808 bits per heavy atom. The fourth-order valence-corrected chi connectivity index (χ4v) is 22.6. The smallest absolute Gasteiger partial charge is 0.0953 e. The number of rotatable bonds is 10. The highest BCUT2D eigenvalue weighted by Gasteiger charge is 2.38. The van der Waals surface area contributed by atoms with Gasteiger partial charge in [0.05, 0.1) is 8.07 Å². The largest absolute Gasteiger partial charge is 0.252 e. The van der Waals surface area contributed by atoms with Crippen LogP contribution in [0.4, 0.5) is 0 Å². The van der Waals surface area contributed by atoms with Crippen molar-refractivity contribution in [2.45, 2.75) is 37.8 Å². The Morgan fingerprint density at radius 2 is 1.35 bits per heavy atom. The zero-order chi connectivity index (χ0) is 20.2. The molecule has 0 spiro atoms. The number of hydrogen-bond acceptors (Lipinski definition) is 0. The molecule has 0 N–H and O–H groups in total. The Labute approximate surface area is 169 Å². The van der Waals surface area contributed by atoms with Crippen LogP contribution in [0.5, 0.6) is 0 Å². The van der Waals surface area contributed by atoms with Crippen molar-refractivity contribution in [3.05, 3.63) is 36.4 Å². The molecule has 0 bridgehead atoms. The molecule has 1 rings (SSSR count). The normalized spacial score (nSPS) is 16.8. The molecule has 0 saturated heterocycles. The van der Waals surface area contributed by atoms with E-state index >= 15 is 0 Å². The topological polar surface area (TPSA) is 0 Å². The Kier molecular flexibility index (Phi) is 8.41. The molecule has 0 heterocycles. The molecule has 0 fully saturated rings. The standard InChI is InChI=1S/C22H44S2Si2/c1-11-21-12-14-22(15-13-21)26(20-24(5,6)7,17-16-23(2,3)4)19-18-25(8,9)10/h11-15H,1,16-20H2,2-10H3. The average Bonchev–Trinajstić information content (AvgIpc) is 2.47. The SMILES string of the molecule is C=Cc1ccc([Si](CC[Si](C)(C)C)(CCS(C)(C)C)CS(C)(C)C)cc1. The van der Waals surface area contributed by atoms with Gasteiger partial charge in [0.2, 0.25) is 0 Å². The lowest BCUT2D eigenvalue weighted by molar-refractivity contribution is 1.22. The van der Waals surface area contributed by atoms with E-state index in [1.807, 2.05) is 6.08 Å². The van der Waals surface area contributed by atoms with Crippen LogP contribution in [0.3, 0.4) is 0 Å². The highest BCUT2D eigenvalue weighted by atomic mass is 32.3. The summed E-state index contributed by atoms with van der Waals surface area (Å²) in [6.45, 7) is 11.6. The second-order valence-electron chi connectivity index (χ2n) is 10.9. The third kappa shape index (κ3) is 8.85. The Balaban J connectivity index is 3.35. The van der Waals surface area contributed by atoms with Crippen LogP contribution in [0.2, 0.25) is 37.8 Å². The van der Waals surface area contributed by atoms with Crippen LogP contribution in [0, 0.1) is 0 Å². The third-order valence-electron chi connectivity index (χ3n) is 5.01. The van der Waals surface area contributed by atoms with Crippen molar-refractivity contribution in [1.82, 2.24) is 0 Å². The minimum Gasteiger partial charge on any atom is -0.252 e. The van der Waals surface area contributed by atoms with Crippen LogP contribution in [-0.2, 0) is 0 Å². The lowest BCUT2D eigenvalue weighted by Gasteiger charge is -2.43. The predicted octanol–water partition coefficient (Wildman–Crippen LogP) is 6.25. The van der Waals surface area contributed by atoms with Crippen LogP contribution in [0.25, 0.3) is 6.08 Å². The predicted molar refractivity (Wildman–Crippen MR) is 140 cm³/mol. The fourth-order valence-electron chi connectivity index (χ4n) is 3.56. The summed E-state index contributed by atoms with van der Waals surface area (Å²) in [4.78, 5) is 0. The maximum atomic E-state index is 3.94. The van der Waals surface area contributed by atoms with Gasteiger partial charge < -0.3 is 0 Å². The molecule has 0 aliphatic rings. The first kappa shape index (κ1) is 24.1. The summed E-state index contributed by atoms with van der Waals surface area (Å²) in [5.74, 6) is 1.43. The molecule has 0 saturated carbocycles. The molecule has 0 aromatic heterocycles. The highest BCUT2D eigenvalue weighted by Crippen LogP contribution is 2.44.